The zero-order valence-electron chi connectivity index (χ0n) is 10.1. The third kappa shape index (κ3) is 3.83. The summed E-state index contributed by atoms with van der Waals surface area (Å²) in [6, 6.07) is 0.616. The first-order valence-corrected chi connectivity index (χ1v) is 5.46. The molecular formula is C10H18Cl2N4O2. The van der Waals surface area contributed by atoms with Crippen molar-refractivity contribution in [2.45, 2.75) is 37.8 Å². The molecule has 18 heavy (non-hydrogen) atoms. The highest BCUT2D eigenvalue weighted by atomic mass is 35.5. The van der Waals surface area contributed by atoms with Crippen molar-refractivity contribution in [3.63, 3.8) is 0 Å². The van der Waals surface area contributed by atoms with E-state index >= 15 is 0 Å². The molecule has 2 rings (SSSR count). The second-order valence-corrected chi connectivity index (χ2v) is 4.14. The number of hydrogen-bond acceptors (Lipinski definition) is 5. The Balaban J connectivity index is 0.00000144. The average Bonchev–Trinajstić information content (AvgIpc) is 2.78. The van der Waals surface area contributed by atoms with E-state index < -0.39 is 5.97 Å². The second-order valence-electron chi connectivity index (χ2n) is 4.14. The summed E-state index contributed by atoms with van der Waals surface area (Å²) in [7, 11) is 1.33. The number of rotatable bonds is 2. The molecular weight excluding hydrogens is 279 g/mol. The standard InChI is InChI=1S/C10H16N4O2.2ClH/c1-16-10(15)9-6-14(13-12-9)8-4-2-7(11)3-5-8;;/h6-8H,2-5,11H2,1H3;2*1H. The van der Waals surface area contributed by atoms with E-state index in [1.54, 1.807) is 10.9 Å². The monoisotopic (exact) mass is 296 g/mol. The number of nitrogens with zero attached hydrogens (tertiary/aromatic N) is 3. The number of methoxy groups -OCH3 is 1. The average molecular weight is 297 g/mol. The molecule has 0 aromatic carbocycles. The van der Waals surface area contributed by atoms with E-state index in [1.807, 2.05) is 0 Å². The molecule has 1 aliphatic carbocycles. The Morgan fingerprint density at radius 2 is 2.00 bits per heavy atom. The molecule has 1 saturated carbocycles. The number of ether oxygens (including phenoxy) is 1. The molecule has 2 N–H and O–H groups in total. The van der Waals surface area contributed by atoms with Gasteiger partial charge in [-0.15, -0.1) is 29.9 Å². The predicted octanol–water partition coefficient (Wildman–Crippen LogP) is 1.35. The van der Waals surface area contributed by atoms with Crippen LogP contribution in [-0.2, 0) is 4.74 Å². The number of carbonyl (C=O) groups excluding carboxylic acids is 1. The minimum absolute atomic E-state index is 0. The van der Waals surface area contributed by atoms with Gasteiger partial charge in [0.1, 0.15) is 0 Å². The Morgan fingerprint density at radius 1 is 1.39 bits per heavy atom. The lowest BCUT2D eigenvalue weighted by Crippen LogP contribution is -2.28. The van der Waals surface area contributed by atoms with Crippen molar-refractivity contribution in [1.29, 1.82) is 0 Å². The Labute approximate surface area is 118 Å². The molecule has 0 bridgehead atoms. The van der Waals surface area contributed by atoms with Crippen molar-refractivity contribution in [2.75, 3.05) is 7.11 Å². The van der Waals surface area contributed by atoms with Crippen LogP contribution in [-0.4, -0.2) is 34.1 Å². The maximum atomic E-state index is 11.2. The molecule has 0 saturated heterocycles. The normalized spacial score (nSPS) is 22.6. The lowest BCUT2D eigenvalue weighted by molar-refractivity contribution is 0.0594. The third-order valence-corrected chi connectivity index (χ3v) is 3.02. The summed E-state index contributed by atoms with van der Waals surface area (Å²) in [5, 5.41) is 7.75. The van der Waals surface area contributed by atoms with Gasteiger partial charge in [0.2, 0.25) is 0 Å². The van der Waals surface area contributed by atoms with Crippen LogP contribution in [0.1, 0.15) is 42.2 Å². The van der Waals surface area contributed by atoms with E-state index in [0.717, 1.165) is 25.7 Å². The minimum atomic E-state index is -0.446. The lowest BCUT2D eigenvalue weighted by Gasteiger charge is -2.25. The summed E-state index contributed by atoms with van der Waals surface area (Å²) in [5.41, 5.74) is 6.09. The molecule has 1 aromatic rings. The van der Waals surface area contributed by atoms with Crippen LogP contribution in [0.4, 0.5) is 0 Å². The summed E-state index contributed by atoms with van der Waals surface area (Å²) in [6.07, 6.45) is 5.62. The van der Waals surface area contributed by atoms with Gasteiger partial charge in [-0.05, 0) is 25.7 Å². The van der Waals surface area contributed by atoms with Gasteiger partial charge < -0.3 is 10.5 Å². The van der Waals surface area contributed by atoms with Crippen LogP contribution in [0.25, 0.3) is 0 Å². The van der Waals surface area contributed by atoms with Gasteiger partial charge in [-0.25, -0.2) is 9.48 Å². The maximum absolute atomic E-state index is 11.2. The molecule has 0 radical (unpaired) electrons. The zero-order valence-corrected chi connectivity index (χ0v) is 11.7. The van der Waals surface area contributed by atoms with Crippen LogP contribution in [0.2, 0.25) is 0 Å². The summed E-state index contributed by atoms with van der Waals surface area (Å²) in [6.45, 7) is 0. The highest BCUT2D eigenvalue weighted by Gasteiger charge is 2.22. The number of halogens is 2. The highest BCUT2D eigenvalue weighted by molar-refractivity contribution is 5.86. The molecule has 0 unspecified atom stereocenters. The smallest absolute Gasteiger partial charge is 0.360 e. The summed E-state index contributed by atoms with van der Waals surface area (Å²) in [5.74, 6) is -0.446. The maximum Gasteiger partial charge on any atom is 0.360 e. The van der Waals surface area contributed by atoms with Crippen LogP contribution in [0.5, 0.6) is 0 Å². The van der Waals surface area contributed by atoms with E-state index in [-0.39, 0.29) is 30.5 Å². The van der Waals surface area contributed by atoms with Crippen molar-refractivity contribution in [1.82, 2.24) is 15.0 Å². The number of hydrogen-bond donors (Lipinski definition) is 1. The molecule has 1 aliphatic rings. The topological polar surface area (TPSA) is 83.0 Å². The Hall–Kier alpha value is -0.850. The molecule has 1 aromatic heterocycles. The van der Waals surface area contributed by atoms with Crippen LogP contribution >= 0.6 is 24.8 Å². The highest BCUT2D eigenvalue weighted by Crippen LogP contribution is 2.26. The second kappa shape index (κ2) is 7.56. The molecule has 6 nitrogen and oxygen atoms in total. The van der Waals surface area contributed by atoms with Gasteiger partial charge in [0.15, 0.2) is 5.69 Å². The van der Waals surface area contributed by atoms with Crippen LogP contribution in [0.3, 0.4) is 0 Å². The fourth-order valence-corrected chi connectivity index (χ4v) is 2.02. The van der Waals surface area contributed by atoms with Gasteiger partial charge >= 0.3 is 5.97 Å². The van der Waals surface area contributed by atoms with Gasteiger partial charge in [0.05, 0.1) is 19.3 Å². The summed E-state index contributed by atoms with van der Waals surface area (Å²) >= 11 is 0. The van der Waals surface area contributed by atoms with Crippen molar-refractivity contribution < 1.29 is 9.53 Å². The molecule has 1 fully saturated rings. The van der Waals surface area contributed by atoms with Crippen LogP contribution in [0, 0.1) is 0 Å². The number of nitrogens with two attached hydrogens (primary N) is 1. The van der Waals surface area contributed by atoms with E-state index in [9.17, 15) is 4.79 Å². The SMILES string of the molecule is COC(=O)c1cn(C2CCC(N)CC2)nn1.Cl.Cl. The number of esters is 1. The Morgan fingerprint density at radius 3 is 2.56 bits per heavy atom. The lowest BCUT2D eigenvalue weighted by atomic mass is 9.92. The van der Waals surface area contributed by atoms with Gasteiger partial charge in [0.25, 0.3) is 0 Å². The van der Waals surface area contributed by atoms with Crippen molar-refractivity contribution >= 4 is 30.8 Å². The van der Waals surface area contributed by atoms with Gasteiger partial charge in [0, 0.05) is 6.04 Å². The first-order chi connectivity index (χ1) is 7.70. The third-order valence-electron chi connectivity index (χ3n) is 3.02. The molecule has 8 heteroatoms. The quantitative estimate of drug-likeness (QED) is 0.833. The molecule has 0 spiro atoms. The van der Waals surface area contributed by atoms with Crippen molar-refractivity contribution in [3.05, 3.63) is 11.9 Å². The van der Waals surface area contributed by atoms with Crippen LogP contribution < -0.4 is 5.73 Å². The zero-order chi connectivity index (χ0) is 11.5. The number of aromatic nitrogens is 3. The van der Waals surface area contributed by atoms with E-state index in [4.69, 9.17) is 5.73 Å². The minimum Gasteiger partial charge on any atom is -0.464 e. The first kappa shape index (κ1) is 17.2. The van der Waals surface area contributed by atoms with Crippen molar-refractivity contribution in [2.24, 2.45) is 5.73 Å². The van der Waals surface area contributed by atoms with Gasteiger partial charge in [-0.3, -0.25) is 0 Å². The molecule has 104 valence electrons. The van der Waals surface area contributed by atoms with E-state index in [0.29, 0.717) is 12.1 Å². The number of carbonyl (C=O) groups is 1. The summed E-state index contributed by atoms with van der Waals surface area (Å²) < 4.78 is 6.33. The Kier molecular flexibility index (Phi) is 7.20. The van der Waals surface area contributed by atoms with E-state index in [2.05, 4.69) is 15.0 Å². The van der Waals surface area contributed by atoms with Gasteiger partial charge in [-0.2, -0.15) is 0 Å². The fraction of sp³-hybridized carbons (Fsp3) is 0.700. The Bertz CT molecular complexity index is 378. The molecule has 0 amide bonds. The molecule has 1 heterocycles. The summed E-state index contributed by atoms with van der Waals surface area (Å²) in [4.78, 5) is 11.2. The molecule has 0 atom stereocenters. The molecule has 0 aliphatic heterocycles. The van der Waals surface area contributed by atoms with Gasteiger partial charge in [-0.1, -0.05) is 5.21 Å². The first-order valence-electron chi connectivity index (χ1n) is 5.46. The predicted molar refractivity (Wildman–Crippen MR) is 71.3 cm³/mol. The van der Waals surface area contributed by atoms with Crippen LogP contribution in [0.15, 0.2) is 6.20 Å². The largest absolute Gasteiger partial charge is 0.464 e. The van der Waals surface area contributed by atoms with E-state index in [1.165, 1.54) is 7.11 Å². The fourth-order valence-electron chi connectivity index (χ4n) is 2.02. The van der Waals surface area contributed by atoms with Crippen molar-refractivity contribution in [3.8, 4) is 0 Å².